The van der Waals surface area contributed by atoms with E-state index in [9.17, 15) is 4.79 Å². The molecule has 126 valence electrons. The fourth-order valence-electron chi connectivity index (χ4n) is 3.06. The van der Waals surface area contributed by atoms with Crippen LogP contribution in [0.25, 0.3) is 0 Å². The van der Waals surface area contributed by atoms with Crippen LogP contribution >= 0.6 is 15.9 Å². The summed E-state index contributed by atoms with van der Waals surface area (Å²) < 4.78 is 12.4. The maximum atomic E-state index is 12.4. The second kappa shape index (κ2) is 8.24. The van der Waals surface area contributed by atoms with Crippen LogP contribution in [-0.4, -0.2) is 56.3 Å². The molecular formula is C17H23BrN2O3. The lowest BCUT2D eigenvalue weighted by Gasteiger charge is -2.33. The minimum absolute atomic E-state index is 0.0681. The molecule has 0 saturated carbocycles. The van der Waals surface area contributed by atoms with Gasteiger partial charge in [0.25, 0.3) is 0 Å². The first-order valence-corrected chi connectivity index (χ1v) is 8.99. The van der Waals surface area contributed by atoms with Crippen molar-refractivity contribution in [3.8, 4) is 0 Å². The molecule has 2 aliphatic rings. The first-order valence-electron chi connectivity index (χ1n) is 8.20. The second-order valence-electron chi connectivity index (χ2n) is 5.99. The summed E-state index contributed by atoms with van der Waals surface area (Å²) in [5, 5.41) is 3.22. The normalized spacial score (nSPS) is 24.8. The maximum Gasteiger partial charge on any atom is 0.236 e. The van der Waals surface area contributed by atoms with Gasteiger partial charge in [0.1, 0.15) is 6.10 Å². The van der Waals surface area contributed by atoms with E-state index in [1.165, 1.54) is 0 Å². The summed E-state index contributed by atoms with van der Waals surface area (Å²) in [6.45, 7) is 3.79. The van der Waals surface area contributed by atoms with Crippen molar-refractivity contribution < 1.29 is 14.3 Å². The SMILES string of the molecule is O=C(CNC[C@@H]1CCCO1)N1CCO[C@@H](c2ccccc2Br)C1. The molecule has 2 aliphatic heterocycles. The number of nitrogens with one attached hydrogen (secondary N) is 1. The van der Waals surface area contributed by atoms with Crippen molar-refractivity contribution in [3.05, 3.63) is 34.3 Å². The maximum absolute atomic E-state index is 12.4. The Labute approximate surface area is 145 Å². The Morgan fingerprint density at radius 3 is 2.96 bits per heavy atom. The number of rotatable bonds is 5. The molecule has 2 atom stereocenters. The predicted molar refractivity (Wildman–Crippen MR) is 91.3 cm³/mol. The van der Waals surface area contributed by atoms with Gasteiger partial charge in [-0.3, -0.25) is 4.79 Å². The number of amides is 1. The van der Waals surface area contributed by atoms with Gasteiger partial charge >= 0.3 is 0 Å². The van der Waals surface area contributed by atoms with Crippen molar-refractivity contribution in [2.24, 2.45) is 0 Å². The number of nitrogens with zero attached hydrogens (tertiary/aromatic N) is 1. The van der Waals surface area contributed by atoms with Crippen molar-refractivity contribution in [1.29, 1.82) is 0 Å². The van der Waals surface area contributed by atoms with Crippen molar-refractivity contribution in [2.45, 2.75) is 25.0 Å². The molecule has 2 fully saturated rings. The van der Waals surface area contributed by atoms with Crippen LogP contribution < -0.4 is 5.32 Å². The Hall–Kier alpha value is -0.950. The number of ether oxygens (including phenoxy) is 2. The third kappa shape index (κ3) is 4.53. The number of morpholine rings is 1. The molecule has 0 unspecified atom stereocenters. The van der Waals surface area contributed by atoms with Crippen LogP contribution in [0.5, 0.6) is 0 Å². The lowest BCUT2D eigenvalue weighted by molar-refractivity contribution is -0.138. The minimum atomic E-state index is -0.0681. The number of halogens is 1. The van der Waals surface area contributed by atoms with Gasteiger partial charge in [-0.25, -0.2) is 0 Å². The monoisotopic (exact) mass is 382 g/mol. The van der Waals surface area contributed by atoms with E-state index in [0.717, 1.165) is 36.0 Å². The van der Waals surface area contributed by atoms with Gasteiger partial charge in [0.15, 0.2) is 0 Å². The number of hydrogen-bond acceptors (Lipinski definition) is 4. The molecule has 6 heteroatoms. The van der Waals surface area contributed by atoms with Crippen LogP contribution in [0, 0.1) is 0 Å². The Bertz CT molecular complexity index is 534. The van der Waals surface area contributed by atoms with Gasteiger partial charge in [-0.2, -0.15) is 0 Å². The van der Waals surface area contributed by atoms with Crippen LogP contribution in [0.3, 0.4) is 0 Å². The highest BCUT2D eigenvalue weighted by molar-refractivity contribution is 9.10. The zero-order chi connectivity index (χ0) is 16.1. The summed E-state index contributed by atoms with van der Waals surface area (Å²) in [6.07, 6.45) is 2.40. The van der Waals surface area contributed by atoms with Crippen LogP contribution in [0.2, 0.25) is 0 Å². The predicted octanol–water partition coefficient (Wildman–Crippen LogP) is 2.12. The Balaban J connectivity index is 1.49. The Morgan fingerprint density at radius 2 is 2.17 bits per heavy atom. The van der Waals surface area contributed by atoms with E-state index in [4.69, 9.17) is 9.47 Å². The van der Waals surface area contributed by atoms with Gasteiger partial charge in [0.05, 0.1) is 25.8 Å². The fraction of sp³-hybridized carbons (Fsp3) is 0.588. The van der Waals surface area contributed by atoms with E-state index in [1.54, 1.807) is 0 Å². The quantitative estimate of drug-likeness (QED) is 0.847. The summed E-state index contributed by atoms with van der Waals surface area (Å²) >= 11 is 3.56. The zero-order valence-electron chi connectivity index (χ0n) is 13.2. The zero-order valence-corrected chi connectivity index (χ0v) is 14.8. The molecule has 3 rings (SSSR count). The van der Waals surface area contributed by atoms with E-state index < -0.39 is 0 Å². The van der Waals surface area contributed by atoms with Crippen LogP contribution in [0.15, 0.2) is 28.7 Å². The molecule has 2 heterocycles. The lowest BCUT2D eigenvalue weighted by atomic mass is 10.1. The van der Waals surface area contributed by atoms with E-state index in [2.05, 4.69) is 21.2 Å². The van der Waals surface area contributed by atoms with E-state index in [0.29, 0.717) is 26.2 Å². The van der Waals surface area contributed by atoms with Crippen LogP contribution in [0.4, 0.5) is 0 Å². The highest BCUT2D eigenvalue weighted by Crippen LogP contribution is 2.28. The standard InChI is InChI=1S/C17H23BrN2O3/c18-15-6-2-1-5-14(15)16-12-20(7-9-23-16)17(21)11-19-10-13-4-3-8-22-13/h1-2,5-6,13,16,19H,3-4,7-12H2/t13-,16+/m0/s1. The Morgan fingerprint density at radius 1 is 1.30 bits per heavy atom. The van der Waals surface area contributed by atoms with E-state index in [1.807, 2.05) is 29.2 Å². The average Bonchev–Trinajstić information content (AvgIpc) is 3.09. The molecule has 0 radical (unpaired) electrons. The summed E-state index contributed by atoms with van der Waals surface area (Å²) in [6, 6.07) is 8.02. The molecule has 0 bridgehead atoms. The van der Waals surface area contributed by atoms with Crippen LogP contribution in [0.1, 0.15) is 24.5 Å². The summed E-state index contributed by atoms with van der Waals surface area (Å²) in [5.74, 6) is 0.128. The first kappa shape index (κ1) is 16.9. The molecular weight excluding hydrogens is 360 g/mol. The number of carbonyl (C=O) groups is 1. The molecule has 0 aromatic heterocycles. The van der Waals surface area contributed by atoms with Gasteiger partial charge in [-0.05, 0) is 24.5 Å². The van der Waals surface area contributed by atoms with Gasteiger partial charge < -0.3 is 19.7 Å². The summed E-state index contributed by atoms with van der Waals surface area (Å²) in [5.41, 5.74) is 1.09. The lowest BCUT2D eigenvalue weighted by Crippen LogP contribution is -2.46. The molecule has 5 nitrogen and oxygen atoms in total. The average molecular weight is 383 g/mol. The molecule has 0 aliphatic carbocycles. The molecule has 2 saturated heterocycles. The van der Waals surface area contributed by atoms with Crippen LogP contribution in [-0.2, 0) is 14.3 Å². The minimum Gasteiger partial charge on any atom is -0.377 e. The van der Waals surface area contributed by atoms with Gasteiger partial charge in [-0.15, -0.1) is 0 Å². The molecule has 1 N–H and O–H groups in total. The third-order valence-electron chi connectivity index (χ3n) is 4.34. The highest BCUT2D eigenvalue weighted by Gasteiger charge is 2.26. The third-order valence-corrected chi connectivity index (χ3v) is 5.07. The summed E-state index contributed by atoms with van der Waals surface area (Å²) in [7, 11) is 0. The van der Waals surface area contributed by atoms with Crippen molar-refractivity contribution in [2.75, 3.05) is 39.4 Å². The van der Waals surface area contributed by atoms with Gasteiger partial charge in [0.2, 0.25) is 5.91 Å². The first-order chi connectivity index (χ1) is 11.2. The van der Waals surface area contributed by atoms with Crippen molar-refractivity contribution >= 4 is 21.8 Å². The number of hydrogen-bond donors (Lipinski definition) is 1. The second-order valence-corrected chi connectivity index (χ2v) is 6.84. The van der Waals surface area contributed by atoms with Gasteiger partial charge in [0, 0.05) is 24.2 Å². The van der Waals surface area contributed by atoms with Gasteiger partial charge in [-0.1, -0.05) is 34.1 Å². The molecule has 23 heavy (non-hydrogen) atoms. The molecule has 0 spiro atoms. The molecule has 1 aromatic carbocycles. The van der Waals surface area contributed by atoms with E-state index >= 15 is 0 Å². The number of carbonyl (C=O) groups excluding carboxylic acids is 1. The Kier molecular flexibility index (Phi) is 6.05. The largest absolute Gasteiger partial charge is 0.377 e. The highest BCUT2D eigenvalue weighted by atomic mass is 79.9. The van der Waals surface area contributed by atoms with Crippen molar-refractivity contribution in [3.63, 3.8) is 0 Å². The fourth-order valence-corrected chi connectivity index (χ4v) is 3.60. The molecule has 1 amide bonds. The van der Waals surface area contributed by atoms with E-state index in [-0.39, 0.29) is 18.1 Å². The number of benzene rings is 1. The summed E-state index contributed by atoms with van der Waals surface area (Å²) in [4.78, 5) is 14.3. The molecule has 1 aromatic rings. The smallest absolute Gasteiger partial charge is 0.236 e. The van der Waals surface area contributed by atoms with Crippen molar-refractivity contribution in [1.82, 2.24) is 10.2 Å². The topological polar surface area (TPSA) is 50.8 Å².